The summed E-state index contributed by atoms with van der Waals surface area (Å²) in [7, 11) is 0. The van der Waals surface area contributed by atoms with Crippen LogP contribution in [0.5, 0.6) is 0 Å². The van der Waals surface area contributed by atoms with Gasteiger partial charge in [-0.15, -0.1) is 0 Å². The number of amides is 1. The summed E-state index contributed by atoms with van der Waals surface area (Å²) in [5, 5.41) is 3.49. The highest BCUT2D eigenvalue weighted by Crippen LogP contribution is 2.21. The third-order valence-corrected chi connectivity index (χ3v) is 3.47. The summed E-state index contributed by atoms with van der Waals surface area (Å²) >= 11 is 6.10. The summed E-state index contributed by atoms with van der Waals surface area (Å²) in [6.45, 7) is 9.49. The Morgan fingerprint density at radius 3 is 2.68 bits per heavy atom. The van der Waals surface area contributed by atoms with Gasteiger partial charge in [0.2, 0.25) is 0 Å². The average Bonchev–Trinajstić information content (AvgIpc) is 2.41. The Balaban J connectivity index is 3.06. The molecule has 0 radical (unpaired) electrons. The average molecular weight is 284 g/mol. The summed E-state index contributed by atoms with van der Waals surface area (Å²) in [5.74, 6) is 0.638. The maximum atomic E-state index is 12.5. The van der Waals surface area contributed by atoms with Gasteiger partial charge in [-0.2, -0.15) is 0 Å². The van der Waals surface area contributed by atoms with Crippen LogP contribution in [-0.2, 0) is 0 Å². The predicted molar refractivity (Wildman–Crippen MR) is 79.9 cm³/mol. The summed E-state index contributed by atoms with van der Waals surface area (Å²) in [6, 6.07) is 1.92. The van der Waals surface area contributed by atoms with Gasteiger partial charge in [0.15, 0.2) is 0 Å². The molecule has 1 rings (SSSR count). The SMILES string of the molecule is CCNc1cc(C(=O)N(CC)C(C)CC)c(Cl)cn1. The second-order valence-electron chi connectivity index (χ2n) is 4.43. The van der Waals surface area contributed by atoms with E-state index in [1.807, 2.05) is 25.7 Å². The molecule has 1 atom stereocenters. The van der Waals surface area contributed by atoms with Gasteiger partial charge < -0.3 is 10.2 Å². The van der Waals surface area contributed by atoms with Crippen molar-refractivity contribution in [3.63, 3.8) is 0 Å². The summed E-state index contributed by atoms with van der Waals surface area (Å²) in [5.41, 5.74) is 0.509. The molecule has 1 heterocycles. The van der Waals surface area contributed by atoms with Crippen LogP contribution in [0.1, 0.15) is 44.5 Å². The highest BCUT2D eigenvalue weighted by Gasteiger charge is 2.21. The molecule has 0 aliphatic rings. The smallest absolute Gasteiger partial charge is 0.255 e. The number of hydrogen-bond acceptors (Lipinski definition) is 3. The van der Waals surface area contributed by atoms with Crippen molar-refractivity contribution in [2.75, 3.05) is 18.4 Å². The number of pyridine rings is 1. The molecule has 0 spiro atoms. The van der Waals surface area contributed by atoms with Crippen LogP contribution in [0.4, 0.5) is 5.82 Å². The van der Waals surface area contributed by atoms with Crippen molar-refractivity contribution < 1.29 is 4.79 Å². The van der Waals surface area contributed by atoms with Gasteiger partial charge in [0.1, 0.15) is 5.82 Å². The lowest BCUT2D eigenvalue weighted by molar-refractivity contribution is 0.0700. The monoisotopic (exact) mass is 283 g/mol. The van der Waals surface area contributed by atoms with E-state index in [1.54, 1.807) is 6.07 Å². The molecule has 0 aliphatic heterocycles. The zero-order valence-corrected chi connectivity index (χ0v) is 12.8. The van der Waals surface area contributed by atoms with Crippen LogP contribution in [0, 0.1) is 0 Å². The Labute approximate surface area is 120 Å². The van der Waals surface area contributed by atoms with Gasteiger partial charge in [0, 0.05) is 25.3 Å². The fourth-order valence-electron chi connectivity index (χ4n) is 1.91. The van der Waals surface area contributed by atoms with Gasteiger partial charge >= 0.3 is 0 Å². The Morgan fingerprint density at radius 2 is 2.16 bits per heavy atom. The second-order valence-corrected chi connectivity index (χ2v) is 4.84. The van der Waals surface area contributed by atoms with Crippen LogP contribution in [0.3, 0.4) is 0 Å². The van der Waals surface area contributed by atoms with Gasteiger partial charge in [-0.1, -0.05) is 18.5 Å². The number of rotatable bonds is 6. The molecular weight excluding hydrogens is 262 g/mol. The van der Waals surface area contributed by atoms with Gasteiger partial charge in [0.25, 0.3) is 5.91 Å². The molecule has 1 aromatic heterocycles. The molecule has 1 amide bonds. The third kappa shape index (κ3) is 3.83. The maximum Gasteiger partial charge on any atom is 0.255 e. The number of nitrogens with one attached hydrogen (secondary N) is 1. The fourth-order valence-corrected chi connectivity index (χ4v) is 2.10. The van der Waals surface area contributed by atoms with Crippen LogP contribution in [0.15, 0.2) is 12.3 Å². The number of hydrogen-bond donors (Lipinski definition) is 1. The van der Waals surface area contributed by atoms with E-state index in [1.165, 1.54) is 6.20 Å². The van der Waals surface area contributed by atoms with E-state index in [9.17, 15) is 4.79 Å². The normalized spacial score (nSPS) is 12.1. The first kappa shape index (κ1) is 15.8. The third-order valence-electron chi connectivity index (χ3n) is 3.17. The zero-order chi connectivity index (χ0) is 14.4. The molecule has 0 bridgehead atoms. The molecule has 0 aromatic carbocycles. The number of anilines is 1. The minimum atomic E-state index is -0.0385. The van der Waals surface area contributed by atoms with Gasteiger partial charge in [0.05, 0.1) is 10.6 Å². The van der Waals surface area contributed by atoms with Crippen molar-refractivity contribution in [2.45, 2.75) is 40.2 Å². The van der Waals surface area contributed by atoms with E-state index in [0.717, 1.165) is 13.0 Å². The molecule has 4 nitrogen and oxygen atoms in total. The van der Waals surface area contributed by atoms with Crippen molar-refractivity contribution in [3.05, 3.63) is 22.8 Å². The van der Waals surface area contributed by atoms with E-state index in [2.05, 4.69) is 17.2 Å². The molecular formula is C14H22ClN3O. The van der Waals surface area contributed by atoms with Crippen LogP contribution < -0.4 is 5.32 Å². The lowest BCUT2D eigenvalue weighted by Gasteiger charge is -2.27. The first-order valence-electron chi connectivity index (χ1n) is 6.75. The van der Waals surface area contributed by atoms with Gasteiger partial charge in [-0.25, -0.2) is 4.98 Å². The lowest BCUT2D eigenvalue weighted by Crippen LogP contribution is -2.38. The van der Waals surface area contributed by atoms with Gasteiger partial charge in [-0.3, -0.25) is 4.79 Å². The number of halogens is 1. The maximum absolute atomic E-state index is 12.5. The van der Waals surface area contributed by atoms with Crippen LogP contribution in [-0.4, -0.2) is 34.9 Å². The van der Waals surface area contributed by atoms with Crippen LogP contribution >= 0.6 is 11.6 Å². The van der Waals surface area contributed by atoms with Crippen molar-refractivity contribution in [2.24, 2.45) is 0 Å². The standard InChI is InChI=1S/C14H22ClN3O/c1-5-10(4)18(7-3)14(19)11-8-13(16-6-2)17-9-12(11)15/h8-10H,5-7H2,1-4H3,(H,16,17). The van der Waals surface area contributed by atoms with Crippen LogP contribution in [0.2, 0.25) is 5.02 Å². The molecule has 1 unspecified atom stereocenters. The molecule has 19 heavy (non-hydrogen) atoms. The van der Waals surface area contributed by atoms with Gasteiger partial charge in [-0.05, 0) is 33.3 Å². The van der Waals surface area contributed by atoms with E-state index in [4.69, 9.17) is 11.6 Å². The number of carbonyl (C=O) groups excluding carboxylic acids is 1. The molecule has 106 valence electrons. The second kappa shape index (κ2) is 7.34. The molecule has 1 N–H and O–H groups in total. The van der Waals surface area contributed by atoms with Crippen molar-refractivity contribution in [1.82, 2.24) is 9.88 Å². The highest BCUT2D eigenvalue weighted by molar-refractivity contribution is 6.33. The lowest BCUT2D eigenvalue weighted by atomic mass is 10.1. The number of aromatic nitrogens is 1. The first-order chi connectivity index (χ1) is 9.04. The molecule has 0 saturated carbocycles. The van der Waals surface area contributed by atoms with Crippen molar-refractivity contribution in [1.29, 1.82) is 0 Å². The van der Waals surface area contributed by atoms with E-state index in [-0.39, 0.29) is 11.9 Å². The van der Waals surface area contributed by atoms with Crippen LogP contribution in [0.25, 0.3) is 0 Å². The molecule has 5 heteroatoms. The highest BCUT2D eigenvalue weighted by atomic mass is 35.5. The summed E-state index contributed by atoms with van der Waals surface area (Å²) < 4.78 is 0. The number of carbonyl (C=O) groups is 1. The van der Waals surface area contributed by atoms with E-state index in [0.29, 0.717) is 22.9 Å². The summed E-state index contributed by atoms with van der Waals surface area (Å²) in [6.07, 6.45) is 2.44. The van der Waals surface area contributed by atoms with Crippen molar-refractivity contribution in [3.8, 4) is 0 Å². The Kier molecular flexibility index (Phi) is 6.09. The first-order valence-corrected chi connectivity index (χ1v) is 7.13. The number of nitrogens with zero attached hydrogens (tertiary/aromatic N) is 2. The predicted octanol–water partition coefficient (Wildman–Crippen LogP) is 3.43. The molecule has 1 aromatic rings. The minimum Gasteiger partial charge on any atom is -0.370 e. The van der Waals surface area contributed by atoms with E-state index >= 15 is 0 Å². The Bertz CT molecular complexity index is 437. The molecule has 0 aliphatic carbocycles. The Hall–Kier alpha value is -1.29. The Morgan fingerprint density at radius 1 is 1.47 bits per heavy atom. The van der Waals surface area contributed by atoms with E-state index < -0.39 is 0 Å². The topological polar surface area (TPSA) is 45.2 Å². The fraction of sp³-hybridized carbons (Fsp3) is 0.571. The largest absolute Gasteiger partial charge is 0.370 e. The summed E-state index contributed by atoms with van der Waals surface area (Å²) in [4.78, 5) is 18.5. The van der Waals surface area contributed by atoms with Crippen molar-refractivity contribution >= 4 is 23.3 Å². The molecule has 0 fully saturated rings. The molecule has 0 saturated heterocycles. The zero-order valence-electron chi connectivity index (χ0n) is 12.0. The minimum absolute atomic E-state index is 0.0385. The quantitative estimate of drug-likeness (QED) is 0.870.